The monoisotopic (exact) mass is 209 g/mol. The number of carbonyl (C=O) groups excluding carboxylic acids is 2. The summed E-state index contributed by atoms with van der Waals surface area (Å²) in [5.41, 5.74) is 0. The maximum Gasteiger partial charge on any atom is 0.323 e. The molecule has 0 aliphatic heterocycles. The van der Waals surface area contributed by atoms with Crippen molar-refractivity contribution in [3.05, 3.63) is 0 Å². The zero-order valence-electron chi connectivity index (χ0n) is 8.04. The molecule has 0 rings (SSSR count). The van der Waals surface area contributed by atoms with Crippen LogP contribution in [0.25, 0.3) is 0 Å². The van der Waals surface area contributed by atoms with Crippen LogP contribution in [-0.2, 0) is 14.3 Å². The van der Waals surface area contributed by atoms with Crippen LogP contribution in [0.5, 0.6) is 0 Å². The summed E-state index contributed by atoms with van der Waals surface area (Å²) >= 11 is 0. The third-order valence-corrected chi connectivity index (χ3v) is 1.53. The Labute approximate surface area is 79.9 Å². The van der Waals surface area contributed by atoms with Crippen molar-refractivity contribution in [1.29, 1.82) is 0 Å². The highest BCUT2D eigenvalue weighted by molar-refractivity contribution is 5.75. The van der Waals surface area contributed by atoms with Crippen molar-refractivity contribution in [2.24, 2.45) is 5.92 Å². The smallest absolute Gasteiger partial charge is 0.323 e. The highest BCUT2D eigenvalue weighted by Gasteiger charge is 2.45. The summed E-state index contributed by atoms with van der Waals surface area (Å²) in [6, 6.07) is 0. The zero-order valence-corrected chi connectivity index (χ0v) is 8.04. The summed E-state index contributed by atoms with van der Waals surface area (Å²) in [6.45, 7) is 3.58. The Morgan fingerprint density at radius 3 is 2.00 bits per heavy atom. The second kappa shape index (κ2) is 4.34. The highest BCUT2D eigenvalue weighted by atomic mass is 19.3. The van der Waals surface area contributed by atoms with Crippen LogP contribution in [0.3, 0.4) is 0 Å². The Bertz CT molecular complexity index is 237. The molecule has 82 valence electrons. The molecule has 0 fully saturated rings. The molecule has 0 radical (unpaired) electrons. The standard InChI is InChI=1S/C8H12F2O4/c1-4(2)6(14-5(3)11)8(9,10)7(12)13/h4,6H,1-3H3,(H,12,13)/p-1. The molecule has 6 heteroatoms. The molecule has 0 N–H and O–H groups in total. The Kier molecular flexibility index (Phi) is 3.97. The summed E-state index contributed by atoms with van der Waals surface area (Å²) in [5, 5.41) is 10.1. The predicted octanol–water partition coefficient (Wildman–Crippen LogP) is -0.0407. The van der Waals surface area contributed by atoms with E-state index in [1.165, 1.54) is 13.8 Å². The fourth-order valence-electron chi connectivity index (χ4n) is 0.924. The lowest BCUT2D eigenvalue weighted by Crippen LogP contribution is -2.53. The number of carboxylic acid groups (broad SMARTS) is 1. The van der Waals surface area contributed by atoms with E-state index in [0.29, 0.717) is 0 Å². The van der Waals surface area contributed by atoms with Crippen molar-refractivity contribution in [2.45, 2.75) is 32.8 Å². The maximum absolute atomic E-state index is 12.9. The molecule has 0 spiro atoms. The molecule has 4 nitrogen and oxygen atoms in total. The van der Waals surface area contributed by atoms with Gasteiger partial charge in [-0.05, 0) is 5.92 Å². The molecule has 0 bridgehead atoms. The lowest BCUT2D eigenvalue weighted by atomic mass is 10.0. The van der Waals surface area contributed by atoms with Crippen LogP contribution in [0.2, 0.25) is 0 Å². The number of halogens is 2. The van der Waals surface area contributed by atoms with Gasteiger partial charge in [0.1, 0.15) is 5.97 Å². The van der Waals surface area contributed by atoms with Gasteiger partial charge in [0, 0.05) is 6.92 Å². The Hall–Kier alpha value is -1.20. The number of ether oxygens (including phenoxy) is 1. The van der Waals surface area contributed by atoms with Gasteiger partial charge < -0.3 is 14.6 Å². The van der Waals surface area contributed by atoms with E-state index in [1.807, 2.05) is 0 Å². The first kappa shape index (κ1) is 12.8. The molecule has 0 amide bonds. The van der Waals surface area contributed by atoms with Gasteiger partial charge in [0.2, 0.25) is 0 Å². The molecule has 0 saturated carbocycles. The molecule has 0 aliphatic rings. The molecule has 0 saturated heterocycles. The number of alkyl halides is 2. The quantitative estimate of drug-likeness (QED) is 0.609. The number of aliphatic carboxylic acids is 1. The van der Waals surface area contributed by atoms with Crippen LogP contribution in [0.1, 0.15) is 20.8 Å². The fourth-order valence-corrected chi connectivity index (χ4v) is 0.924. The van der Waals surface area contributed by atoms with Gasteiger partial charge in [0.25, 0.3) is 0 Å². The summed E-state index contributed by atoms with van der Waals surface area (Å²) in [7, 11) is 0. The Morgan fingerprint density at radius 1 is 1.36 bits per heavy atom. The summed E-state index contributed by atoms with van der Waals surface area (Å²) in [6.07, 6.45) is -2.00. The molecule has 1 atom stereocenters. The molecule has 0 aliphatic carbocycles. The van der Waals surface area contributed by atoms with Crippen LogP contribution < -0.4 is 5.11 Å². The third kappa shape index (κ3) is 2.93. The van der Waals surface area contributed by atoms with E-state index < -0.39 is 29.9 Å². The minimum atomic E-state index is -4.17. The average molecular weight is 209 g/mol. The summed E-state index contributed by atoms with van der Waals surface area (Å²) < 4.78 is 30.0. The van der Waals surface area contributed by atoms with E-state index in [1.54, 1.807) is 0 Å². The number of rotatable bonds is 4. The lowest BCUT2D eigenvalue weighted by molar-refractivity contribution is -0.337. The van der Waals surface area contributed by atoms with Gasteiger partial charge in [-0.2, -0.15) is 8.78 Å². The van der Waals surface area contributed by atoms with Crippen molar-refractivity contribution in [1.82, 2.24) is 0 Å². The molecule has 0 heterocycles. The van der Waals surface area contributed by atoms with Gasteiger partial charge in [0.15, 0.2) is 6.10 Å². The van der Waals surface area contributed by atoms with Gasteiger partial charge in [0.05, 0.1) is 0 Å². The van der Waals surface area contributed by atoms with E-state index in [9.17, 15) is 23.5 Å². The van der Waals surface area contributed by atoms with Gasteiger partial charge in [-0.25, -0.2) is 0 Å². The minimum Gasteiger partial charge on any atom is -0.544 e. The minimum absolute atomic E-state index is 0.813. The molecular formula is C8H11F2O4-. The topological polar surface area (TPSA) is 66.4 Å². The van der Waals surface area contributed by atoms with Crippen LogP contribution in [0.4, 0.5) is 8.78 Å². The average Bonchev–Trinajstić information content (AvgIpc) is 1.98. The van der Waals surface area contributed by atoms with Gasteiger partial charge in [-0.15, -0.1) is 0 Å². The zero-order chi connectivity index (χ0) is 11.5. The molecular weight excluding hydrogens is 198 g/mol. The maximum atomic E-state index is 12.9. The second-order valence-corrected chi connectivity index (χ2v) is 3.18. The first-order valence-corrected chi connectivity index (χ1v) is 3.96. The largest absolute Gasteiger partial charge is 0.544 e. The molecule has 14 heavy (non-hydrogen) atoms. The number of esters is 1. The van der Waals surface area contributed by atoms with Crippen molar-refractivity contribution in [3.63, 3.8) is 0 Å². The Balaban J connectivity index is 4.81. The van der Waals surface area contributed by atoms with Crippen LogP contribution in [0.15, 0.2) is 0 Å². The number of hydrogen-bond donors (Lipinski definition) is 0. The number of carbonyl (C=O) groups is 2. The van der Waals surface area contributed by atoms with E-state index in [0.717, 1.165) is 6.92 Å². The predicted molar refractivity (Wildman–Crippen MR) is 40.3 cm³/mol. The normalized spacial score (nSPS) is 13.9. The van der Waals surface area contributed by atoms with E-state index in [4.69, 9.17) is 0 Å². The van der Waals surface area contributed by atoms with E-state index in [-0.39, 0.29) is 0 Å². The van der Waals surface area contributed by atoms with Crippen molar-refractivity contribution >= 4 is 11.9 Å². The molecule has 0 aromatic heterocycles. The highest BCUT2D eigenvalue weighted by Crippen LogP contribution is 2.26. The van der Waals surface area contributed by atoms with E-state index in [2.05, 4.69) is 4.74 Å². The van der Waals surface area contributed by atoms with Gasteiger partial charge >= 0.3 is 11.9 Å². The van der Waals surface area contributed by atoms with Gasteiger partial charge in [-0.3, -0.25) is 4.79 Å². The Morgan fingerprint density at radius 2 is 1.79 bits per heavy atom. The number of hydrogen-bond acceptors (Lipinski definition) is 4. The third-order valence-electron chi connectivity index (χ3n) is 1.53. The fraction of sp³-hybridized carbons (Fsp3) is 0.750. The van der Waals surface area contributed by atoms with Crippen molar-refractivity contribution in [2.75, 3.05) is 0 Å². The van der Waals surface area contributed by atoms with Crippen LogP contribution >= 0.6 is 0 Å². The number of carboxylic acids is 1. The van der Waals surface area contributed by atoms with Crippen molar-refractivity contribution in [3.8, 4) is 0 Å². The second-order valence-electron chi connectivity index (χ2n) is 3.18. The molecule has 0 aromatic rings. The lowest BCUT2D eigenvalue weighted by Gasteiger charge is -2.29. The van der Waals surface area contributed by atoms with Crippen LogP contribution in [-0.4, -0.2) is 24.0 Å². The molecule has 1 unspecified atom stereocenters. The summed E-state index contributed by atoms with van der Waals surface area (Å²) in [4.78, 5) is 20.6. The first-order valence-electron chi connectivity index (χ1n) is 3.96. The summed E-state index contributed by atoms with van der Waals surface area (Å²) in [5.74, 6) is -8.48. The van der Waals surface area contributed by atoms with Crippen molar-refractivity contribution < 1.29 is 28.2 Å². The first-order chi connectivity index (χ1) is 6.19. The van der Waals surface area contributed by atoms with Crippen LogP contribution in [0, 0.1) is 5.92 Å². The molecule has 0 aromatic carbocycles. The van der Waals surface area contributed by atoms with Gasteiger partial charge in [-0.1, -0.05) is 13.8 Å². The SMILES string of the molecule is CC(=O)OC(C(C)C)C(F)(F)C(=O)[O-]. The van der Waals surface area contributed by atoms with E-state index >= 15 is 0 Å².